The minimum atomic E-state index is -0.334. The molecule has 0 amide bonds. The molecule has 0 saturated heterocycles. The SMILES string of the molecule is CN=C(NCc1ccn[nH]1)NCC(C)(C)c1ccc(F)cc1Cl.I. The van der Waals surface area contributed by atoms with Gasteiger partial charge in [0.05, 0.1) is 12.2 Å². The summed E-state index contributed by atoms with van der Waals surface area (Å²) in [6, 6.07) is 6.38. The van der Waals surface area contributed by atoms with Gasteiger partial charge in [-0.25, -0.2) is 4.39 Å². The van der Waals surface area contributed by atoms with Crippen LogP contribution in [0.1, 0.15) is 25.1 Å². The Labute approximate surface area is 163 Å². The predicted octanol–water partition coefficient (Wildman–Crippen LogP) is 3.46. The minimum Gasteiger partial charge on any atom is -0.356 e. The molecule has 3 N–H and O–H groups in total. The first-order valence-electron chi connectivity index (χ1n) is 7.30. The third-order valence-corrected chi connectivity index (χ3v) is 3.90. The van der Waals surface area contributed by atoms with E-state index in [0.717, 1.165) is 11.3 Å². The third kappa shape index (κ3) is 5.62. The highest BCUT2D eigenvalue weighted by Crippen LogP contribution is 2.29. The summed E-state index contributed by atoms with van der Waals surface area (Å²) in [5, 5.41) is 13.7. The standard InChI is InChI=1S/C16H21ClFN5.HI/c1-16(2,13-5-4-11(18)8-14(13)17)10-21-15(19-3)20-9-12-6-7-22-23-12;/h4-8H,9-10H2,1-3H3,(H,22,23)(H2,19,20,21);1H. The number of H-pyrrole nitrogens is 1. The van der Waals surface area contributed by atoms with E-state index in [4.69, 9.17) is 11.6 Å². The second kappa shape index (κ2) is 9.22. The van der Waals surface area contributed by atoms with E-state index in [1.807, 2.05) is 19.9 Å². The lowest BCUT2D eigenvalue weighted by Crippen LogP contribution is -2.43. The van der Waals surface area contributed by atoms with E-state index in [1.54, 1.807) is 19.3 Å². The molecule has 0 atom stereocenters. The van der Waals surface area contributed by atoms with Gasteiger partial charge >= 0.3 is 0 Å². The summed E-state index contributed by atoms with van der Waals surface area (Å²) in [7, 11) is 1.71. The highest BCUT2D eigenvalue weighted by molar-refractivity contribution is 14.0. The number of rotatable bonds is 5. The summed E-state index contributed by atoms with van der Waals surface area (Å²) < 4.78 is 13.2. The Kier molecular flexibility index (Phi) is 7.95. The number of hydrogen-bond acceptors (Lipinski definition) is 2. The number of nitrogens with one attached hydrogen (secondary N) is 3. The first-order chi connectivity index (χ1) is 10.9. The van der Waals surface area contributed by atoms with E-state index in [-0.39, 0.29) is 35.2 Å². The van der Waals surface area contributed by atoms with Gasteiger partial charge in [0.15, 0.2) is 5.96 Å². The number of benzene rings is 1. The first-order valence-corrected chi connectivity index (χ1v) is 7.68. The van der Waals surface area contributed by atoms with Gasteiger partial charge in [0.2, 0.25) is 0 Å². The van der Waals surface area contributed by atoms with Crippen molar-refractivity contribution >= 4 is 41.5 Å². The fraction of sp³-hybridized carbons (Fsp3) is 0.375. The molecule has 1 heterocycles. The van der Waals surface area contributed by atoms with Gasteiger partial charge in [0.25, 0.3) is 0 Å². The number of halogens is 3. The van der Waals surface area contributed by atoms with Crippen molar-refractivity contribution in [2.45, 2.75) is 25.8 Å². The number of aliphatic imine (C=N–C) groups is 1. The Morgan fingerprint density at radius 1 is 1.33 bits per heavy atom. The average Bonchev–Trinajstić information content (AvgIpc) is 3.00. The van der Waals surface area contributed by atoms with Crippen molar-refractivity contribution in [1.82, 2.24) is 20.8 Å². The molecule has 132 valence electrons. The number of aromatic nitrogens is 2. The van der Waals surface area contributed by atoms with Crippen LogP contribution in [0.2, 0.25) is 5.02 Å². The molecule has 5 nitrogen and oxygen atoms in total. The molecule has 0 spiro atoms. The first kappa shape index (κ1) is 20.7. The van der Waals surface area contributed by atoms with Crippen LogP contribution >= 0.6 is 35.6 Å². The minimum absolute atomic E-state index is 0. The third-order valence-electron chi connectivity index (χ3n) is 3.59. The quantitative estimate of drug-likeness (QED) is 0.360. The van der Waals surface area contributed by atoms with Crippen molar-refractivity contribution in [3.05, 3.63) is 52.6 Å². The van der Waals surface area contributed by atoms with Crippen LogP contribution in [-0.2, 0) is 12.0 Å². The molecule has 0 unspecified atom stereocenters. The molecule has 1 aromatic heterocycles. The molecule has 0 aliphatic heterocycles. The van der Waals surface area contributed by atoms with Gasteiger partial charge in [-0.2, -0.15) is 5.10 Å². The zero-order chi connectivity index (χ0) is 16.9. The maximum Gasteiger partial charge on any atom is 0.191 e. The highest BCUT2D eigenvalue weighted by atomic mass is 127. The molecule has 1 aromatic carbocycles. The summed E-state index contributed by atoms with van der Waals surface area (Å²) in [4.78, 5) is 4.19. The molecule has 0 bridgehead atoms. The van der Waals surface area contributed by atoms with E-state index in [0.29, 0.717) is 24.1 Å². The lowest BCUT2D eigenvalue weighted by atomic mass is 9.84. The van der Waals surface area contributed by atoms with Gasteiger partial charge in [-0.05, 0) is 23.8 Å². The lowest BCUT2D eigenvalue weighted by molar-refractivity contribution is 0.507. The summed E-state index contributed by atoms with van der Waals surface area (Å²) in [6.45, 7) is 5.28. The van der Waals surface area contributed by atoms with Crippen molar-refractivity contribution in [2.24, 2.45) is 4.99 Å². The second-order valence-electron chi connectivity index (χ2n) is 5.87. The molecule has 0 aliphatic carbocycles. The van der Waals surface area contributed by atoms with Crippen LogP contribution in [0, 0.1) is 5.82 Å². The van der Waals surface area contributed by atoms with Crippen LogP contribution in [0.15, 0.2) is 35.5 Å². The van der Waals surface area contributed by atoms with Crippen molar-refractivity contribution < 1.29 is 4.39 Å². The molecule has 2 aromatic rings. The van der Waals surface area contributed by atoms with Crippen LogP contribution in [0.4, 0.5) is 4.39 Å². The summed E-state index contributed by atoms with van der Waals surface area (Å²) in [6.07, 6.45) is 1.70. The summed E-state index contributed by atoms with van der Waals surface area (Å²) in [5.74, 6) is 0.338. The van der Waals surface area contributed by atoms with E-state index >= 15 is 0 Å². The molecule has 0 radical (unpaired) electrons. The second-order valence-corrected chi connectivity index (χ2v) is 6.28. The molecule has 0 saturated carbocycles. The zero-order valence-electron chi connectivity index (χ0n) is 13.9. The van der Waals surface area contributed by atoms with Crippen molar-refractivity contribution in [1.29, 1.82) is 0 Å². The van der Waals surface area contributed by atoms with Crippen LogP contribution in [-0.4, -0.2) is 29.7 Å². The fourth-order valence-corrected chi connectivity index (χ4v) is 2.64. The predicted molar refractivity (Wildman–Crippen MR) is 107 cm³/mol. The molecule has 0 aliphatic rings. The van der Waals surface area contributed by atoms with E-state index in [2.05, 4.69) is 25.8 Å². The van der Waals surface area contributed by atoms with Crippen molar-refractivity contribution in [2.75, 3.05) is 13.6 Å². The topological polar surface area (TPSA) is 65.1 Å². The fourth-order valence-electron chi connectivity index (χ4n) is 2.22. The maximum absolute atomic E-state index is 13.2. The number of guanidine groups is 1. The van der Waals surface area contributed by atoms with E-state index in [9.17, 15) is 4.39 Å². The normalized spacial score (nSPS) is 11.8. The van der Waals surface area contributed by atoms with Gasteiger partial charge in [0.1, 0.15) is 5.82 Å². The smallest absolute Gasteiger partial charge is 0.191 e. The average molecular weight is 466 g/mol. The van der Waals surface area contributed by atoms with Crippen LogP contribution in [0.3, 0.4) is 0 Å². The largest absolute Gasteiger partial charge is 0.356 e. The van der Waals surface area contributed by atoms with Crippen LogP contribution < -0.4 is 10.6 Å². The monoisotopic (exact) mass is 465 g/mol. The number of aromatic amines is 1. The Balaban J connectivity index is 0.00000288. The molecular formula is C16H22ClFIN5. The molecule has 2 rings (SSSR count). The van der Waals surface area contributed by atoms with Crippen molar-refractivity contribution in [3.63, 3.8) is 0 Å². The van der Waals surface area contributed by atoms with Crippen LogP contribution in [0.25, 0.3) is 0 Å². The van der Waals surface area contributed by atoms with E-state index in [1.165, 1.54) is 12.1 Å². The maximum atomic E-state index is 13.2. The Hall–Kier alpha value is -1.35. The zero-order valence-corrected chi connectivity index (χ0v) is 16.9. The van der Waals surface area contributed by atoms with E-state index < -0.39 is 0 Å². The highest BCUT2D eigenvalue weighted by Gasteiger charge is 2.24. The van der Waals surface area contributed by atoms with Gasteiger partial charge in [0, 0.05) is 30.2 Å². The molecular weight excluding hydrogens is 444 g/mol. The van der Waals surface area contributed by atoms with Gasteiger partial charge < -0.3 is 10.6 Å². The lowest BCUT2D eigenvalue weighted by Gasteiger charge is -2.27. The Morgan fingerprint density at radius 2 is 2.08 bits per heavy atom. The van der Waals surface area contributed by atoms with Gasteiger partial charge in [-0.15, -0.1) is 24.0 Å². The Bertz CT molecular complexity index is 673. The van der Waals surface area contributed by atoms with Gasteiger partial charge in [-0.3, -0.25) is 10.1 Å². The summed E-state index contributed by atoms with van der Waals surface area (Å²) in [5.41, 5.74) is 1.57. The number of nitrogens with zero attached hydrogens (tertiary/aromatic N) is 2. The number of hydrogen-bond donors (Lipinski definition) is 3. The molecule has 24 heavy (non-hydrogen) atoms. The summed E-state index contributed by atoms with van der Waals surface area (Å²) >= 11 is 6.17. The molecule has 0 fully saturated rings. The van der Waals surface area contributed by atoms with Crippen molar-refractivity contribution in [3.8, 4) is 0 Å². The molecule has 8 heteroatoms. The van der Waals surface area contributed by atoms with Gasteiger partial charge in [-0.1, -0.05) is 31.5 Å². The Morgan fingerprint density at radius 3 is 2.67 bits per heavy atom. The van der Waals surface area contributed by atoms with Crippen LogP contribution in [0.5, 0.6) is 0 Å².